The van der Waals surface area contributed by atoms with Crippen LogP contribution in [0.2, 0.25) is 0 Å². The van der Waals surface area contributed by atoms with E-state index in [1.807, 2.05) is 30.3 Å². The van der Waals surface area contributed by atoms with Crippen LogP contribution in [0, 0.1) is 0 Å². The molecule has 0 fully saturated rings. The van der Waals surface area contributed by atoms with Crippen molar-refractivity contribution in [2.75, 3.05) is 20.8 Å². The predicted molar refractivity (Wildman–Crippen MR) is 130 cm³/mol. The van der Waals surface area contributed by atoms with E-state index in [2.05, 4.69) is 46.3 Å². The van der Waals surface area contributed by atoms with E-state index in [1.54, 1.807) is 21.1 Å². The standard InChI is InChI=1S/C28H28N2O3/c1-18(31)20-9-6-8-19(16-20)17-30-15-14-22-21-10-4-5-12-24(21)29-26(22)27(30)23-11-7-13-25(32-2)28(23)33-3/h4-13,16,27,29H,14-15,17H2,1-3H3/t27-/m1/s1. The zero-order chi connectivity index (χ0) is 22.9. The van der Waals surface area contributed by atoms with E-state index in [4.69, 9.17) is 9.47 Å². The number of carbonyl (C=O) groups is 1. The van der Waals surface area contributed by atoms with Gasteiger partial charge in [0.05, 0.1) is 20.3 Å². The maximum absolute atomic E-state index is 11.9. The van der Waals surface area contributed by atoms with Crippen molar-refractivity contribution in [3.8, 4) is 11.5 Å². The van der Waals surface area contributed by atoms with Crippen molar-refractivity contribution in [2.45, 2.75) is 25.9 Å². The summed E-state index contributed by atoms with van der Waals surface area (Å²) in [6.45, 7) is 3.23. The normalized spacial score (nSPS) is 15.9. The Balaban J connectivity index is 1.65. The molecule has 0 aliphatic carbocycles. The minimum absolute atomic E-state index is 0.0350. The van der Waals surface area contributed by atoms with Gasteiger partial charge in [0.25, 0.3) is 0 Å². The molecule has 0 unspecified atom stereocenters. The predicted octanol–water partition coefficient (Wildman–Crippen LogP) is 5.54. The average Bonchev–Trinajstić information content (AvgIpc) is 3.22. The molecule has 5 heteroatoms. The minimum atomic E-state index is -0.0350. The molecule has 0 saturated carbocycles. The molecule has 1 aromatic heterocycles. The van der Waals surface area contributed by atoms with Gasteiger partial charge < -0.3 is 14.5 Å². The van der Waals surface area contributed by atoms with Crippen molar-refractivity contribution in [1.82, 2.24) is 9.88 Å². The molecule has 168 valence electrons. The second-order valence-electron chi connectivity index (χ2n) is 8.53. The molecular formula is C28H28N2O3. The van der Waals surface area contributed by atoms with Crippen LogP contribution in [0.4, 0.5) is 0 Å². The van der Waals surface area contributed by atoms with Crippen LogP contribution in [0.5, 0.6) is 11.5 Å². The van der Waals surface area contributed by atoms with E-state index in [-0.39, 0.29) is 11.8 Å². The molecule has 0 amide bonds. The van der Waals surface area contributed by atoms with Gasteiger partial charge >= 0.3 is 0 Å². The summed E-state index contributed by atoms with van der Waals surface area (Å²) in [6.07, 6.45) is 0.953. The summed E-state index contributed by atoms with van der Waals surface area (Å²) in [4.78, 5) is 18.1. The van der Waals surface area contributed by atoms with Crippen LogP contribution < -0.4 is 9.47 Å². The van der Waals surface area contributed by atoms with E-state index in [1.165, 1.54) is 16.6 Å². The molecule has 1 atom stereocenters. The van der Waals surface area contributed by atoms with Crippen molar-refractivity contribution in [2.24, 2.45) is 0 Å². The number of carbonyl (C=O) groups excluding carboxylic acids is 1. The highest BCUT2D eigenvalue weighted by Crippen LogP contribution is 2.44. The third kappa shape index (κ3) is 3.79. The summed E-state index contributed by atoms with van der Waals surface area (Å²) in [5.41, 5.74) is 6.62. The highest BCUT2D eigenvalue weighted by molar-refractivity contribution is 5.94. The molecule has 4 aromatic rings. The second-order valence-corrected chi connectivity index (χ2v) is 8.53. The number of ketones is 1. The van der Waals surface area contributed by atoms with Crippen LogP contribution >= 0.6 is 0 Å². The van der Waals surface area contributed by atoms with Gasteiger partial charge in [0.1, 0.15) is 0 Å². The lowest BCUT2D eigenvalue weighted by Crippen LogP contribution is -2.36. The zero-order valence-electron chi connectivity index (χ0n) is 19.2. The molecule has 1 aliphatic rings. The number of benzene rings is 3. The molecule has 1 aliphatic heterocycles. The minimum Gasteiger partial charge on any atom is -0.493 e. The molecule has 3 aromatic carbocycles. The molecule has 1 N–H and O–H groups in total. The fraction of sp³-hybridized carbons (Fsp3) is 0.250. The smallest absolute Gasteiger partial charge is 0.165 e. The number of para-hydroxylation sites is 2. The van der Waals surface area contributed by atoms with Crippen LogP contribution in [-0.2, 0) is 13.0 Å². The van der Waals surface area contributed by atoms with Crippen molar-refractivity contribution < 1.29 is 14.3 Å². The molecule has 5 rings (SSSR count). The van der Waals surface area contributed by atoms with Crippen molar-refractivity contribution >= 4 is 16.7 Å². The Hall–Kier alpha value is -3.57. The molecule has 33 heavy (non-hydrogen) atoms. The maximum atomic E-state index is 11.9. The number of H-pyrrole nitrogens is 1. The first-order valence-corrected chi connectivity index (χ1v) is 11.2. The first-order valence-electron chi connectivity index (χ1n) is 11.2. The average molecular weight is 441 g/mol. The van der Waals surface area contributed by atoms with Crippen molar-refractivity contribution in [3.05, 3.63) is 94.7 Å². The first kappa shape index (κ1) is 21.3. The monoisotopic (exact) mass is 440 g/mol. The van der Waals surface area contributed by atoms with Gasteiger partial charge in [-0.25, -0.2) is 0 Å². The number of fused-ring (bicyclic) bond motifs is 3. The molecule has 0 spiro atoms. The van der Waals surface area contributed by atoms with Crippen LogP contribution in [0.3, 0.4) is 0 Å². The number of methoxy groups -OCH3 is 2. The Labute approximate surface area is 193 Å². The van der Waals surface area contributed by atoms with Crippen LogP contribution in [0.1, 0.15) is 45.7 Å². The summed E-state index contributed by atoms with van der Waals surface area (Å²) in [7, 11) is 3.36. The fourth-order valence-corrected chi connectivity index (χ4v) is 5.06. The van der Waals surface area contributed by atoms with Gasteiger partial charge in [0.15, 0.2) is 17.3 Å². The third-order valence-corrected chi connectivity index (χ3v) is 6.58. The molecule has 5 nitrogen and oxygen atoms in total. The van der Waals surface area contributed by atoms with E-state index in [0.29, 0.717) is 0 Å². The van der Waals surface area contributed by atoms with Crippen LogP contribution in [-0.4, -0.2) is 36.4 Å². The Kier molecular flexibility index (Phi) is 5.65. The van der Waals surface area contributed by atoms with Crippen LogP contribution in [0.15, 0.2) is 66.7 Å². The Morgan fingerprint density at radius 2 is 1.85 bits per heavy atom. The van der Waals surface area contributed by atoms with Gasteiger partial charge in [0, 0.05) is 40.8 Å². The summed E-state index contributed by atoms with van der Waals surface area (Å²) in [6, 6.07) is 22.4. The molecule has 0 bridgehead atoms. The maximum Gasteiger partial charge on any atom is 0.165 e. The lowest BCUT2D eigenvalue weighted by molar-refractivity contribution is 0.101. The van der Waals surface area contributed by atoms with E-state index in [0.717, 1.165) is 53.2 Å². The summed E-state index contributed by atoms with van der Waals surface area (Å²) in [5.74, 6) is 1.55. The molecule has 0 radical (unpaired) electrons. The summed E-state index contributed by atoms with van der Waals surface area (Å²) in [5, 5.41) is 1.28. The summed E-state index contributed by atoms with van der Waals surface area (Å²) >= 11 is 0. The Bertz CT molecular complexity index is 1320. The topological polar surface area (TPSA) is 54.6 Å². The Morgan fingerprint density at radius 1 is 1.03 bits per heavy atom. The van der Waals surface area contributed by atoms with Crippen molar-refractivity contribution in [1.29, 1.82) is 0 Å². The van der Waals surface area contributed by atoms with E-state index in [9.17, 15) is 4.79 Å². The highest BCUT2D eigenvalue weighted by atomic mass is 16.5. The molecule has 2 heterocycles. The number of nitrogens with one attached hydrogen (secondary N) is 1. The Morgan fingerprint density at radius 3 is 2.64 bits per heavy atom. The number of aromatic amines is 1. The summed E-state index contributed by atoms with van der Waals surface area (Å²) < 4.78 is 11.5. The number of aromatic nitrogens is 1. The molecular weight excluding hydrogens is 412 g/mol. The lowest BCUT2D eigenvalue weighted by Gasteiger charge is -2.37. The fourth-order valence-electron chi connectivity index (χ4n) is 5.06. The number of Topliss-reactive ketones (excluding diaryl/α,β-unsaturated/α-hetero) is 1. The first-order chi connectivity index (χ1) is 16.1. The van der Waals surface area contributed by atoms with Gasteiger partial charge in [0.2, 0.25) is 0 Å². The largest absolute Gasteiger partial charge is 0.493 e. The second kappa shape index (κ2) is 8.75. The van der Waals surface area contributed by atoms with Crippen LogP contribution in [0.25, 0.3) is 10.9 Å². The number of nitrogens with zero attached hydrogens (tertiary/aromatic N) is 1. The van der Waals surface area contributed by atoms with Gasteiger partial charge in [-0.15, -0.1) is 0 Å². The number of ether oxygens (including phenoxy) is 2. The van der Waals surface area contributed by atoms with E-state index >= 15 is 0 Å². The van der Waals surface area contributed by atoms with Gasteiger partial charge in [-0.1, -0.05) is 48.5 Å². The van der Waals surface area contributed by atoms with Gasteiger partial charge in [-0.3, -0.25) is 9.69 Å². The highest BCUT2D eigenvalue weighted by Gasteiger charge is 2.34. The van der Waals surface area contributed by atoms with Gasteiger partial charge in [-0.05, 0) is 42.7 Å². The number of rotatable bonds is 6. The van der Waals surface area contributed by atoms with Crippen molar-refractivity contribution in [3.63, 3.8) is 0 Å². The number of hydrogen-bond donors (Lipinski definition) is 1. The SMILES string of the molecule is COc1cccc([C@@H]2c3[nH]c4ccccc4c3CCN2Cc2cccc(C(C)=O)c2)c1OC. The number of hydrogen-bond acceptors (Lipinski definition) is 4. The molecule has 0 saturated heterocycles. The van der Waals surface area contributed by atoms with Gasteiger partial charge in [-0.2, -0.15) is 0 Å². The third-order valence-electron chi connectivity index (χ3n) is 6.58. The quantitative estimate of drug-likeness (QED) is 0.400. The van der Waals surface area contributed by atoms with E-state index < -0.39 is 0 Å². The lowest BCUT2D eigenvalue weighted by atomic mass is 9.91. The zero-order valence-corrected chi connectivity index (χ0v) is 19.2.